The maximum atomic E-state index is 11.5. The van der Waals surface area contributed by atoms with Gasteiger partial charge in [0.05, 0.1) is 0 Å². The maximum Gasteiger partial charge on any atom is 0.249 e. The van der Waals surface area contributed by atoms with Crippen LogP contribution in [0.2, 0.25) is 5.02 Å². The smallest absolute Gasteiger partial charge is 0.249 e. The van der Waals surface area contributed by atoms with Crippen LogP contribution in [0, 0.1) is 0 Å². The van der Waals surface area contributed by atoms with Crippen molar-refractivity contribution in [3.8, 4) is 16.9 Å². The number of amides is 1. The van der Waals surface area contributed by atoms with E-state index < -0.39 is 5.91 Å². The number of benzene rings is 2. The minimum atomic E-state index is -0.470. The summed E-state index contributed by atoms with van der Waals surface area (Å²) in [4.78, 5) is 11.5. The van der Waals surface area contributed by atoms with Gasteiger partial charge in [0, 0.05) is 23.7 Å². The van der Waals surface area contributed by atoms with E-state index in [2.05, 4.69) is 5.32 Å². The Balaban J connectivity index is 1.89. The predicted octanol–water partition coefficient (Wildman–Crippen LogP) is 2.46. The van der Waals surface area contributed by atoms with Gasteiger partial charge in [0.25, 0.3) is 0 Å². The van der Waals surface area contributed by atoms with Crippen molar-refractivity contribution in [3.05, 3.63) is 53.1 Å². The van der Waals surface area contributed by atoms with E-state index >= 15 is 0 Å². The molecule has 3 N–H and O–H groups in total. The zero-order valence-corrected chi connectivity index (χ0v) is 12.1. The third kappa shape index (κ3) is 3.01. The Kier molecular flexibility index (Phi) is 3.82. The molecule has 0 aliphatic carbocycles. The molecule has 1 aliphatic heterocycles. The van der Waals surface area contributed by atoms with Gasteiger partial charge in [0.2, 0.25) is 5.91 Å². The number of rotatable bonds is 4. The SMILES string of the molecule is NC(=O)c1ccc(Cl)cc1-c1ccc(OC2CNC2)cc1. The van der Waals surface area contributed by atoms with Gasteiger partial charge in [-0.2, -0.15) is 0 Å². The van der Waals surface area contributed by atoms with E-state index in [-0.39, 0.29) is 6.10 Å². The molecule has 5 heteroatoms. The van der Waals surface area contributed by atoms with E-state index in [0.29, 0.717) is 10.6 Å². The normalized spacial score (nSPS) is 14.5. The summed E-state index contributed by atoms with van der Waals surface area (Å²) < 4.78 is 5.76. The minimum Gasteiger partial charge on any atom is -0.488 e. The van der Waals surface area contributed by atoms with Crippen molar-refractivity contribution in [1.29, 1.82) is 0 Å². The average molecular weight is 303 g/mol. The van der Waals surface area contributed by atoms with Crippen molar-refractivity contribution < 1.29 is 9.53 Å². The molecule has 1 heterocycles. The van der Waals surface area contributed by atoms with Gasteiger partial charge in [-0.25, -0.2) is 0 Å². The van der Waals surface area contributed by atoms with Gasteiger partial charge in [-0.15, -0.1) is 0 Å². The van der Waals surface area contributed by atoms with Crippen molar-refractivity contribution in [1.82, 2.24) is 5.32 Å². The highest BCUT2D eigenvalue weighted by Crippen LogP contribution is 2.28. The van der Waals surface area contributed by atoms with Crippen molar-refractivity contribution >= 4 is 17.5 Å². The molecule has 108 valence electrons. The van der Waals surface area contributed by atoms with E-state index in [9.17, 15) is 4.79 Å². The lowest BCUT2D eigenvalue weighted by Crippen LogP contribution is -2.50. The number of halogens is 1. The molecule has 21 heavy (non-hydrogen) atoms. The number of nitrogens with two attached hydrogens (primary N) is 1. The first-order valence-electron chi connectivity index (χ1n) is 6.70. The van der Waals surface area contributed by atoms with Gasteiger partial charge in [-0.1, -0.05) is 23.7 Å². The van der Waals surface area contributed by atoms with Crippen LogP contribution in [0.3, 0.4) is 0 Å². The van der Waals surface area contributed by atoms with Crippen molar-refractivity contribution in [3.63, 3.8) is 0 Å². The fraction of sp³-hybridized carbons (Fsp3) is 0.188. The summed E-state index contributed by atoms with van der Waals surface area (Å²) >= 11 is 6.01. The zero-order chi connectivity index (χ0) is 14.8. The first-order chi connectivity index (χ1) is 10.1. The average Bonchev–Trinajstić information content (AvgIpc) is 2.43. The number of carbonyl (C=O) groups excluding carboxylic acids is 1. The first-order valence-corrected chi connectivity index (χ1v) is 7.08. The number of ether oxygens (including phenoxy) is 1. The van der Waals surface area contributed by atoms with Crippen LogP contribution in [0.15, 0.2) is 42.5 Å². The highest BCUT2D eigenvalue weighted by atomic mass is 35.5. The minimum absolute atomic E-state index is 0.239. The zero-order valence-electron chi connectivity index (χ0n) is 11.3. The quantitative estimate of drug-likeness (QED) is 0.912. The molecule has 2 aromatic rings. The van der Waals surface area contributed by atoms with Crippen LogP contribution < -0.4 is 15.8 Å². The first kappa shape index (κ1) is 13.9. The molecule has 0 radical (unpaired) electrons. The molecule has 2 aromatic carbocycles. The molecule has 1 amide bonds. The largest absolute Gasteiger partial charge is 0.488 e. The van der Waals surface area contributed by atoms with Crippen LogP contribution in [0.25, 0.3) is 11.1 Å². The van der Waals surface area contributed by atoms with Crippen molar-refractivity contribution in [2.75, 3.05) is 13.1 Å². The summed E-state index contributed by atoms with van der Waals surface area (Å²) in [6, 6.07) is 12.6. The molecule has 0 spiro atoms. The predicted molar refractivity (Wildman–Crippen MR) is 82.7 cm³/mol. The van der Waals surface area contributed by atoms with E-state index in [4.69, 9.17) is 22.1 Å². The Labute approximate surface area is 127 Å². The number of hydrogen-bond acceptors (Lipinski definition) is 3. The lowest BCUT2D eigenvalue weighted by Gasteiger charge is -2.27. The van der Waals surface area contributed by atoms with Gasteiger partial charge >= 0.3 is 0 Å². The van der Waals surface area contributed by atoms with Crippen molar-refractivity contribution in [2.24, 2.45) is 5.73 Å². The molecule has 0 saturated carbocycles. The van der Waals surface area contributed by atoms with Gasteiger partial charge in [-0.05, 0) is 41.5 Å². The van der Waals surface area contributed by atoms with Gasteiger partial charge in [-0.3, -0.25) is 4.79 Å². The molecule has 4 nitrogen and oxygen atoms in total. The van der Waals surface area contributed by atoms with Crippen LogP contribution in [0.5, 0.6) is 5.75 Å². The Morgan fingerprint density at radius 2 is 1.90 bits per heavy atom. The summed E-state index contributed by atoms with van der Waals surface area (Å²) in [6.07, 6.45) is 0.239. The van der Waals surface area contributed by atoms with Gasteiger partial charge < -0.3 is 15.8 Å². The van der Waals surface area contributed by atoms with Crippen LogP contribution in [0.4, 0.5) is 0 Å². The number of nitrogens with one attached hydrogen (secondary N) is 1. The number of primary amides is 1. The van der Waals surface area contributed by atoms with E-state index in [0.717, 1.165) is 30.0 Å². The van der Waals surface area contributed by atoms with Gasteiger partial charge in [0.1, 0.15) is 11.9 Å². The molecule has 0 atom stereocenters. The van der Waals surface area contributed by atoms with Gasteiger partial charge in [0.15, 0.2) is 0 Å². The third-order valence-corrected chi connectivity index (χ3v) is 3.69. The fourth-order valence-electron chi connectivity index (χ4n) is 2.22. The summed E-state index contributed by atoms with van der Waals surface area (Å²) in [6.45, 7) is 1.75. The second-order valence-corrected chi connectivity index (χ2v) is 5.41. The van der Waals surface area contributed by atoms with Crippen LogP contribution >= 0.6 is 11.6 Å². The van der Waals surface area contributed by atoms with Crippen LogP contribution in [0.1, 0.15) is 10.4 Å². The molecular weight excluding hydrogens is 288 g/mol. The summed E-state index contributed by atoms with van der Waals surface area (Å²) in [5.41, 5.74) is 7.47. The monoisotopic (exact) mass is 302 g/mol. The van der Waals surface area contributed by atoms with Crippen LogP contribution in [-0.4, -0.2) is 25.1 Å². The molecule has 3 rings (SSSR count). The summed E-state index contributed by atoms with van der Waals surface area (Å²) in [5.74, 6) is 0.343. The molecule has 0 bridgehead atoms. The number of hydrogen-bond donors (Lipinski definition) is 2. The lowest BCUT2D eigenvalue weighted by atomic mass is 9.99. The van der Waals surface area contributed by atoms with E-state index in [1.807, 2.05) is 24.3 Å². The molecular formula is C16H15ClN2O2. The second-order valence-electron chi connectivity index (χ2n) is 4.98. The summed E-state index contributed by atoms with van der Waals surface area (Å²) in [5, 5.41) is 3.72. The highest BCUT2D eigenvalue weighted by molar-refractivity contribution is 6.31. The van der Waals surface area contributed by atoms with Crippen molar-refractivity contribution in [2.45, 2.75) is 6.10 Å². The molecule has 1 saturated heterocycles. The van der Waals surface area contributed by atoms with E-state index in [1.54, 1.807) is 18.2 Å². The highest BCUT2D eigenvalue weighted by Gasteiger charge is 2.18. The topological polar surface area (TPSA) is 64.4 Å². The Morgan fingerprint density at radius 1 is 1.19 bits per heavy atom. The molecule has 0 aromatic heterocycles. The Hall–Kier alpha value is -2.04. The molecule has 0 unspecified atom stereocenters. The van der Waals surface area contributed by atoms with Crippen LogP contribution in [-0.2, 0) is 0 Å². The third-order valence-electron chi connectivity index (χ3n) is 3.46. The summed E-state index contributed by atoms with van der Waals surface area (Å²) in [7, 11) is 0. The molecule has 1 aliphatic rings. The standard InChI is InChI=1S/C16H15ClN2O2/c17-11-3-6-14(16(18)20)15(7-11)10-1-4-12(5-2-10)21-13-8-19-9-13/h1-7,13,19H,8-9H2,(H2,18,20). The maximum absolute atomic E-state index is 11.5. The lowest BCUT2D eigenvalue weighted by molar-refractivity contribution is 0.100. The molecule has 1 fully saturated rings. The fourth-order valence-corrected chi connectivity index (χ4v) is 2.39. The van der Waals surface area contributed by atoms with E-state index in [1.165, 1.54) is 0 Å². The Morgan fingerprint density at radius 3 is 2.48 bits per heavy atom. The number of carbonyl (C=O) groups is 1. The second kappa shape index (κ2) is 5.76. The Bertz CT molecular complexity index is 666.